The second-order valence-electron chi connectivity index (χ2n) is 6.10. The van der Waals surface area contributed by atoms with Crippen molar-refractivity contribution in [3.63, 3.8) is 0 Å². The van der Waals surface area contributed by atoms with Crippen LogP contribution in [0.25, 0.3) is 0 Å². The summed E-state index contributed by atoms with van der Waals surface area (Å²) in [5, 5.41) is 3.14. The Balaban J connectivity index is 1.77. The van der Waals surface area contributed by atoms with Crippen LogP contribution in [0.4, 0.5) is 0 Å². The van der Waals surface area contributed by atoms with Crippen molar-refractivity contribution >= 4 is 34.2 Å². The first-order valence-electron chi connectivity index (χ1n) is 7.84. The zero-order valence-electron chi connectivity index (χ0n) is 12.6. The van der Waals surface area contributed by atoms with Crippen LogP contribution in [-0.2, 0) is 4.79 Å². The SMILES string of the molecule is C[C@H](SC(=S)N1CCCC1)C(=O)N[C@H]1CCCC[C@H]1C. The van der Waals surface area contributed by atoms with Crippen molar-refractivity contribution in [1.82, 2.24) is 10.2 Å². The second-order valence-corrected chi connectivity index (χ2v) is 8.07. The van der Waals surface area contributed by atoms with E-state index >= 15 is 0 Å². The largest absolute Gasteiger partial charge is 0.358 e. The molecule has 2 fully saturated rings. The summed E-state index contributed by atoms with van der Waals surface area (Å²) in [4.78, 5) is 14.5. The standard InChI is InChI=1S/C15H26N2OS2/c1-11-7-3-4-8-13(11)16-14(18)12(2)20-15(19)17-9-5-6-10-17/h11-13H,3-10H2,1-2H3,(H,16,18)/t11-,12+,13+/m1/s1. The van der Waals surface area contributed by atoms with Crippen molar-refractivity contribution < 1.29 is 4.79 Å². The molecular formula is C15H26N2OS2. The van der Waals surface area contributed by atoms with E-state index in [2.05, 4.69) is 17.1 Å². The van der Waals surface area contributed by atoms with Crippen LogP contribution in [0.2, 0.25) is 0 Å². The van der Waals surface area contributed by atoms with Gasteiger partial charge in [0.2, 0.25) is 5.91 Å². The van der Waals surface area contributed by atoms with E-state index in [-0.39, 0.29) is 11.2 Å². The molecule has 20 heavy (non-hydrogen) atoms. The van der Waals surface area contributed by atoms with Gasteiger partial charge < -0.3 is 10.2 Å². The van der Waals surface area contributed by atoms with Gasteiger partial charge in [-0.3, -0.25) is 4.79 Å². The number of hydrogen-bond donors (Lipinski definition) is 1. The number of carbonyl (C=O) groups excluding carboxylic acids is 1. The average molecular weight is 315 g/mol. The fourth-order valence-corrected chi connectivity index (χ4v) is 4.43. The monoisotopic (exact) mass is 314 g/mol. The second kappa shape index (κ2) is 7.64. The molecule has 1 aliphatic heterocycles. The topological polar surface area (TPSA) is 32.3 Å². The van der Waals surface area contributed by atoms with Crippen molar-refractivity contribution in [3.8, 4) is 0 Å². The highest BCUT2D eigenvalue weighted by atomic mass is 32.2. The number of carbonyl (C=O) groups is 1. The van der Waals surface area contributed by atoms with Crippen LogP contribution in [0.1, 0.15) is 52.4 Å². The third kappa shape index (κ3) is 4.35. The molecule has 1 aliphatic carbocycles. The van der Waals surface area contributed by atoms with Gasteiger partial charge in [-0.25, -0.2) is 0 Å². The first-order valence-corrected chi connectivity index (χ1v) is 9.12. The molecule has 0 unspecified atom stereocenters. The van der Waals surface area contributed by atoms with Gasteiger partial charge in [-0.2, -0.15) is 0 Å². The number of thiocarbonyl (C=S) groups is 1. The number of rotatable bonds is 3. The predicted molar refractivity (Wildman–Crippen MR) is 90.0 cm³/mol. The molecular weight excluding hydrogens is 288 g/mol. The number of nitrogens with one attached hydrogen (secondary N) is 1. The van der Waals surface area contributed by atoms with Crippen molar-refractivity contribution in [2.45, 2.75) is 63.7 Å². The van der Waals surface area contributed by atoms with Gasteiger partial charge in [0.05, 0.1) is 5.25 Å². The highest BCUT2D eigenvalue weighted by molar-refractivity contribution is 8.23. The van der Waals surface area contributed by atoms with Crippen LogP contribution in [-0.4, -0.2) is 39.5 Å². The normalized spacial score (nSPS) is 28.2. The lowest BCUT2D eigenvalue weighted by Gasteiger charge is -2.30. The van der Waals surface area contributed by atoms with Gasteiger partial charge in [-0.1, -0.05) is 43.7 Å². The quantitative estimate of drug-likeness (QED) is 0.811. The molecule has 0 aromatic heterocycles. The summed E-state index contributed by atoms with van der Waals surface area (Å²) in [6.07, 6.45) is 7.35. The van der Waals surface area contributed by atoms with E-state index in [0.717, 1.165) is 23.8 Å². The fraction of sp³-hybridized carbons (Fsp3) is 0.867. The van der Waals surface area contributed by atoms with Gasteiger partial charge in [0.25, 0.3) is 0 Å². The summed E-state index contributed by atoms with van der Waals surface area (Å²) in [6.45, 7) is 6.33. The minimum atomic E-state index is -0.0859. The molecule has 1 saturated heterocycles. The minimum absolute atomic E-state index is 0.0859. The molecule has 1 saturated carbocycles. The van der Waals surface area contributed by atoms with Crippen molar-refractivity contribution in [3.05, 3.63) is 0 Å². The summed E-state index contributed by atoms with van der Waals surface area (Å²) in [5.74, 6) is 0.755. The third-order valence-corrected chi connectivity index (χ3v) is 6.02. The van der Waals surface area contributed by atoms with E-state index in [1.165, 1.54) is 32.1 Å². The zero-order valence-corrected chi connectivity index (χ0v) is 14.2. The molecule has 0 radical (unpaired) electrons. The Labute approximate surface area is 132 Å². The third-order valence-electron chi connectivity index (χ3n) is 4.45. The molecule has 1 amide bonds. The molecule has 0 aromatic rings. The molecule has 5 heteroatoms. The number of hydrogen-bond acceptors (Lipinski definition) is 3. The summed E-state index contributed by atoms with van der Waals surface area (Å²) in [5.41, 5.74) is 0. The highest BCUT2D eigenvalue weighted by Gasteiger charge is 2.26. The maximum absolute atomic E-state index is 12.3. The van der Waals surface area contributed by atoms with E-state index in [1.54, 1.807) is 11.8 Å². The lowest BCUT2D eigenvalue weighted by atomic mass is 9.86. The smallest absolute Gasteiger partial charge is 0.233 e. The molecule has 0 aromatic carbocycles. The maximum atomic E-state index is 12.3. The van der Waals surface area contributed by atoms with Gasteiger partial charge in [0.1, 0.15) is 4.32 Å². The number of likely N-dealkylation sites (tertiary alicyclic amines) is 1. The molecule has 1 N–H and O–H groups in total. The van der Waals surface area contributed by atoms with Crippen LogP contribution in [0.15, 0.2) is 0 Å². The first kappa shape index (κ1) is 16.1. The molecule has 2 aliphatic rings. The summed E-state index contributed by atoms with van der Waals surface area (Å²) in [7, 11) is 0. The van der Waals surface area contributed by atoms with Gasteiger partial charge >= 0.3 is 0 Å². The molecule has 0 spiro atoms. The summed E-state index contributed by atoms with van der Waals surface area (Å²) < 4.78 is 0.891. The number of nitrogens with zero attached hydrogens (tertiary/aromatic N) is 1. The Bertz CT molecular complexity index is 356. The van der Waals surface area contributed by atoms with Gasteiger partial charge in [-0.05, 0) is 38.5 Å². The molecule has 0 bridgehead atoms. The molecule has 3 nitrogen and oxygen atoms in total. The molecule has 1 heterocycles. The number of amides is 1. The molecule has 2 rings (SSSR count). The van der Waals surface area contributed by atoms with E-state index in [0.29, 0.717) is 12.0 Å². The number of thioether (sulfide) groups is 1. The summed E-state index contributed by atoms with van der Waals surface area (Å²) >= 11 is 6.99. The Hall–Kier alpha value is -0.290. The van der Waals surface area contributed by atoms with Crippen LogP contribution < -0.4 is 5.32 Å². The van der Waals surface area contributed by atoms with Crippen LogP contribution in [0.3, 0.4) is 0 Å². The van der Waals surface area contributed by atoms with Crippen molar-refractivity contribution in [2.24, 2.45) is 5.92 Å². The fourth-order valence-electron chi connectivity index (χ4n) is 3.01. The van der Waals surface area contributed by atoms with Gasteiger partial charge in [-0.15, -0.1) is 0 Å². The lowest BCUT2D eigenvalue weighted by molar-refractivity contribution is -0.121. The predicted octanol–water partition coefficient (Wildman–Crippen LogP) is 3.18. The molecule has 114 valence electrons. The van der Waals surface area contributed by atoms with E-state index < -0.39 is 0 Å². The Kier molecular flexibility index (Phi) is 6.15. The Morgan fingerprint density at radius 3 is 2.55 bits per heavy atom. The van der Waals surface area contributed by atoms with Crippen LogP contribution in [0.5, 0.6) is 0 Å². The van der Waals surface area contributed by atoms with E-state index in [1.807, 2.05) is 6.92 Å². The Morgan fingerprint density at radius 2 is 1.90 bits per heavy atom. The summed E-state index contributed by atoms with van der Waals surface area (Å²) in [6, 6.07) is 0.361. The van der Waals surface area contributed by atoms with Crippen molar-refractivity contribution in [2.75, 3.05) is 13.1 Å². The van der Waals surface area contributed by atoms with E-state index in [9.17, 15) is 4.79 Å². The van der Waals surface area contributed by atoms with Gasteiger partial charge in [0.15, 0.2) is 0 Å². The zero-order chi connectivity index (χ0) is 14.5. The van der Waals surface area contributed by atoms with Crippen LogP contribution >= 0.6 is 24.0 Å². The Morgan fingerprint density at radius 1 is 1.25 bits per heavy atom. The molecule has 3 atom stereocenters. The van der Waals surface area contributed by atoms with Gasteiger partial charge in [0, 0.05) is 19.1 Å². The average Bonchev–Trinajstić information content (AvgIpc) is 2.95. The maximum Gasteiger partial charge on any atom is 0.233 e. The highest BCUT2D eigenvalue weighted by Crippen LogP contribution is 2.25. The first-order chi connectivity index (χ1) is 9.58. The van der Waals surface area contributed by atoms with E-state index in [4.69, 9.17) is 12.2 Å². The minimum Gasteiger partial charge on any atom is -0.358 e. The lowest BCUT2D eigenvalue weighted by Crippen LogP contribution is -2.44. The van der Waals surface area contributed by atoms with Crippen LogP contribution in [0, 0.1) is 5.92 Å². The van der Waals surface area contributed by atoms with Crippen molar-refractivity contribution in [1.29, 1.82) is 0 Å².